The Kier molecular flexibility index (Phi) is 13.0. The first-order chi connectivity index (χ1) is 31.3. The standard InChI is InChI=1S/C52H64N4O8/c1-57-41-21-9-29(25-45(41)61-5)49-33-13-15-35(53-33)50(30-10-22-42(58-2)46(26-30)62-6)37-17-19-39(55-37)52(32-12-24-44(60-4)48(28-32)64-8)40-20-18-38(56-40)51(36-16-14-34(49)54-36)31-11-23-43(59-3)47(27-31)63-7/h9-13,15,18,20-28,33-40,49-56H,14,16-17,19H2,1-8H3. The average Bonchev–Trinajstić information content (AvgIpc) is 4.19. The molecule has 4 aromatic rings. The van der Waals surface area contributed by atoms with Gasteiger partial charge in [-0.2, -0.15) is 0 Å². The number of hydrogen-bond acceptors (Lipinski definition) is 12. The fourth-order valence-electron chi connectivity index (χ4n) is 11.8. The van der Waals surface area contributed by atoms with Crippen molar-refractivity contribution in [2.75, 3.05) is 56.9 Å². The third-order valence-electron chi connectivity index (χ3n) is 14.7. The van der Waals surface area contributed by atoms with Crippen LogP contribution in [0.5, 0.6) is 46.0 Å². The normalized spacial score (nSPS) is 30.5. The largest absolute Gasteiger partial charge is 0.493 e. The minimum absolute atomic E-state index is 0.0278. The van der Waals surface area contributed by atoms with Gasteiger partial charge in [-0.3, -0.25) is 0 Å². The second kappa shape index (κ2) is 19.0. The molecule has 0 radical (unpaired) electrons. The fourth-order valence-corrected chi connectivity index (χ4v) is 11.8. The second-order valence-corrected chi connectivity index (χ2v) is 17.7. The first-order valence-corrected chi connectivity index (χ1v) is 22.6. The van der Waals surface area contributed by atoms with E-state index in [-0.39, 0.29) is 72.0 Å². The quantitative estimate of drug-likeness (QED) is 0.108. The van der Waals surface area contributed by atoms with E-state index in [1.165, 1.54) is 22.3 Å². The van der Waals surface area contributed by atoms with E-state index in [0.29, 0.717) is 23.0 Å². The van der Waals surface area contributed by atoms with Crippen LogP contribution in [0.25, 0.3) is 0 Å². The molecule has 9 rings (SSSR count). The number of rotatable bonds is 12. The Bertz CT molecular complexity index is 2020. The Morgan fingerprint density at radius 2 is 0.516 bits per heavy atom. The predicted octanol–water partition coefficient (Wildman–Crippen LogP) is 7.24. The molecule has 0 amide bonds. The van der Waals surface area contributed by atoms with Gasteiger partial charge in [-0.05, 0) is 96.5 Å². The Balaban J connectivity index is 1.18. The molecule has 0 aromatic heterocycles. The molecule has 8 bridgehead atoms. The molecule has 0 spiro atoms. The molecule has 12 nitrogen and oxygen atoms in total. The third-order valence-corrected chi connectivity index (χ3v) is 14.7. The van der Waals surface area contributed by atoms with Crippen molar-refractivity contribution < 1.29 is 37.9 Å². The van der Waals surface area contributed by atoms with Crippen molar-refractivity contribution in [1.29, 1.82) is 0 Å². The van der Waals surface area contributed by atoms with Crippen LogP contribution in [0, 0.1) is 0 Å². The summed E-state index contributed by atoms with van der Waals surface area (Å²) in [6.07, 6.45) is 13.6. The van der Waals surface area contributed by atoms with Gasteiger partial charge in [0, 0.05) is 72.0 Å². The van der Waals surface area contributed by atoms with Crippen LogP contribution >= 0.6 is 0 Å². The van der Waals surface area contributed by atoms with E-state index in [9.17, 15) is 0 Å². The van der Waals surface area contributed by atoms with E-state index in [4.69, 9.17) is 37.9 Å². The highest BCUT2D eigenvalue weighted by Crippen LogP contribution is 2.47. The van der Waals surface area contributed by atoms with E-state index in [1.807, 2.05) is 24.3 Å². The summed E-state index contributed by atoms with van der Waals surface area (Å²) >= 11 is 0. The Labute approximate surface area is 378 Å². The van der Waals surface area contributed by atoms with Crippen LogP contribution in [-0.4, -0.2) is 105 Å². The van der Waals surface area contributed by atoms with Crippen LogP contribution in [-0.2, 0) is 0 Å². The van der Waals surface area contributed by atoms with E-state index >= 15 is 0 Å². The first-order valence-electron chi connectivity index (χ1n) is 22.6. The van der Waals surface area contributed by atoms with Gasteiger partial charge in [0.1, 0.15) is 0 Å². The summed E-state index contributed by atoms with van der Waals surface area (Å²) in [5.41, 5.74) is 4.78. The van der Waals surface area contributed by atoms with Crippen molar-refractivity contribution in [2.24, 2.45) is 0 Å². The summed E-state index contributed by atoms with van der Waals surface area (Å²) in [7, 11) is 13.6. The van der Waals surface area contributed by atoms with Crippen LogP contribution in [0.2, 0.25) is 0 Å². The Hall–Kier alpha value is -5.40. The van der Waals surface area contributed by atoms with Gasteiger partial charge in [0.05, 0.1) is 56.9 Å². The topological polar surface area (TPSA) is 122 Å². The predicted molar refractivity (Wildman–Crippen MR) is 249 cm³/mol. The van der Waals surface area contributed by atoms with E-state index in [2.05, 4.69) is 94.1 Å². The molecule has 5 aliphatic heterocycles. The molecule has 12 unspecified atom stereocenters. The number of benzene rings is 4. The molecule has 5 heterocycles. The minimum Gasteiger partial charge on any atom is -0.493 e. The van der Waals surface area contributed by atoms with Crippen molar-refractivity contribution in [3.05, 3.63) is 119 Å². The molecule has 3 saturated heterocycles. The van der Waals surface area contributed by atoms with Gasteiger partial charge < -0.3 is 59.2 Å². The van der Waals surface area contributed by atoms with Gasteiger partial charge in [0.25, 0.3) is 0 Å². The zero-order chi connectivity index (χ0) is 44.5. The summed E-state index contributed by atoms with van der Waals surface area (Å²) in [6, 6.07) is 26.4. The zero-order valence-corrected chi connectivity index (χ0v) is 38.3. The third kappa shape index (κ3) is 8.14. The van der Waals surface area contributed by atoms with E-state index in [0.717, 1.165) is 48.7 Å². The minimum atomic E-state index is 0.0278. The maximum Gasteiger partial charge on any atom is 0.160 e. The highest BCUT2D eigenvalue weighted by molar-refractivity contribution is 5.50. The summed E-state index contributed by atoms with van der Waals surface area (Å²) in [4.78, 5) is 0. The average molecular weight is 873 g/mol. The lowest BCUT2D eigenvalue weighted by molar-refractivity contribution is 0.313. The lowest BCUT2D eigenvalue weighted by Gasteiger charge is -2.38. The van der Waals surface area contributed by atoms with E-state index in [1.54, 1.807) is 56.9 Å². The Morgan fingerprint density at radius 1 is 0.297 bits per heavy atom. The van der Waals surface area contributed by atoms with Crippen molar-refractivity contribution in [3.63, 3.8) is 0 Å². The summed E-state index contributed by atoms with van der Waals surface area (Å²) in [5.74, 6) is 6.08. The monoisotopic (exact) mass is 872 g/mol. The first kappa shape index (κ1) is 43.8. The van der Waals surface area contributed by atoms with Gasteiger partial charge in [-0.15, -0.1) is 0 Å². The Morgan fingerprint density at radius 3 is 0.719 bits per heavy atom. The fraction of sp³-hybridized carbons (Fsp3) is 0.462. The van der Waals surface area contributed by atoms with Crippen LogP contribution in [0.1, 0.15) is 71.6 Å². The zero-order valence-electron chi connectivity index (χ0n) is 38.3. The number of fused-ring (bicyclic) bond motifs is 8. The van der Waals surface area contributed by atoms with Crippen LogP contribution in [0.4, 0.5) is 0 Å². The smallest absolute Gasteiger partial charge is 0.160 e. The molecule has 4 aromatic carbocycles. The summed E-state index contributed by atoms with van der Waals surface area (Å²) in [5, 5.41) is 17.0. The van der Waals surface area contributed by atoms with Gasteiger partial charge >= 0.3 is 0 Å². The van der Waals surface area contributed by atoms with Gasteiger partial charge in [-0.1, -0.05) is 48.6 Å². The van der Waals surface area contributed by atoms with Crippen molar-refractivity contribution in [2.45, 2.75) is 97.7 Å². The van der Waals surface area contributed by atoms with Crippen LogP contribution < -0.4 is 59.2 Å². The molecule has 0 aliphatic carbocycles. The van der Waals surface area contributed by atoms with Gasteiger partial charge in [-0.25, -0.2) is 0 Å². The lowest BCUT2D eigenvalue weighted by Crippen LogP contribution is -2.52. The highest BCUT2D eigenvalue weighted by Gasteiger charge is 2.47. The van der Waals surface area contributed by atoms with Crippen LogP contribution in [0.3, 0.4) is 0 Å². The van der Waals surface area contributed by atoms with Gasteiger partial charge in [0.15, 0.2) is 46.0 Å². The second-order valence-electron chi connectivity index (χ2n) is 17.7. The lowest BCUT2D eigenvalue weighted by atomic mass is 9.83. The van der Waals surface area contributed by atoms with Crippen molar-refractivity contribution >= 4 is 0 Å². The molecule has 0 saturated carbocycles. The summed E-state index contributed by atoms with van der Waals surface area (Å²) < 4.78 is 46.6. The number of methoxy groups -OCH3 is 8. The molecule has 4 N–H and O–H groups in total. The molecule has 3 fully saturated rings. The SMILES string of the molecule is COc1ccc(C2C3C=CC(N3)C(c3ccc(OC)c(OC)c3)C3CCC(N3)C(c3ccc(OC)c(OC)c3)C3C=CC(N3)C(c3ccc(OC)c(OC)c3)C3CCC2N3)cc1OC. The highest BCUT2D eigenvalue weighted by atomic mass is 16.5. The number of hydrogen-bond donors (Lipinski definition) is 4. The molecule has 5 aliphatic rings. The van der Waals surface area contributed by atoms with Crippen molar-refractivity contribution in [3.8, 4) is 46.0 Å². The van der Waals surface area contributed by atoms with E-state index < -0.39 is 0 Å². The molecular formula is C52H64N4O8. The molecule has 12 heteroatoms. The number of ether oxygens (including phenoxy) is 8. The summed E-state index contributed by atoms with van der Waals surface area (Å²) in [6.45, 7) is 0. The van der Waals surface area contributed by atoms with Crippen LogP contribution in [0.15, 0.2) is 97.1 Å². The maximum atomic E-state index is 5.92. The van der Waals surface area contributed by atoms with Crippen molar-refractivity contribution in [1.82, 2.24) is 21.3 Å². The molecule has 340 valence electrons. The molecular weight excluding hydrogens is 809 g/mol. The number of nitrogens with one attached hydrogen (secondary N) is 4. The molecule has 64 heavy (non-hydrogen) atoms. The van der Waals surface area contributed by atoms with Gasteiger partial charge in [0.2, 0.25) is 0 Å². The maximum absolute atomic E-state index is 5.92. The molecule has 12 atom stereocenters.